The van der Waals surface area contributed by atoms with Crippen molar-refractivity contribution in [2.75, 3.05) is 13.6 Å². The van der Waals surface area contributed by atoms with E-state index in [2.05, 4.69) is 4.84 Å². The molecule has 0 heterocycles. The number of hydrogen-bond donors (Lipinski definition) is 1. The third-order valence-corrected chi connectivity index (χ3v) is 1.41. The minimum Gasteiger partial charge on any atom is -0.338 e. The first-order valence-electron chi connectivity index (χ1n) is 4.23. The van der Waals surface area contributed by atoms with Crippen molar-refractivity contribution in [2.45, 2.75) is 19.3 Å². The number of hydrogen-bond acceptors (Lipinski definition) is 5. The van der Waals surface area contributed by atoms with Gasteiger partial charge in [-0.3, -0.25) is 4.79 Å². The zero-order valence-electron chi connectivity index (χ0n) is 8.06. The summed E-state index contributed by atoms with van der Waals surface area (Å²) in [5, 5.41) is 0.821. The van der Waals surface area contributed by atoms with Crippen LogP contribution >= 0.6 is 0 Å². The Kier molecular flexibility index (Phi) is 6.30. The number of carbonyl (C=O) groups excluding carboxylic acids is 3. The molecule has 0 bridgehead atoms. The fraction of sp³-hybridized carbons (Fsp3) is 0.625. The van der Waals surface area contributed by atoms with Crippen molar-refractivity contribution in [2.24, 2.45) is 5.73 Å². The minimum absolute atomic E-state index is 0.0376. The van der Waals surface area contributed by atoms with Crippen molar-refractivity contribution < 1.29 is 19.2 Å². The second-order valence-electron chi connectivity index (χ2n) is 2.60. The number of amides is 1. The minimum atomic E-state index is -0.561. The van der Waals surface area contributed by atoms with Crippen LogP contribution in [0.15, 0.2) is 0 Å². The molecular formula is C8H14N2O4. The lowest BCUT2D eigenvalue weighted by Crippen LogP contribution is -2.30. The van der Waals surface area contributed by atoms with E-state index >= 15 is 0 Å². The third kappa shape index (κ3) is 5.26. The number of rotatable bonds is 5. The fourth-order valence-electron chi connectivity index (χ4n) is 0.707. The predicted octanol–water partition coefficient (Wildman–Crippen LogP) is -0.769. The Morgan fingerprint density at radius 1 is 1.43 bits per heavy atom. The van der Waals surface area contributed by atoms with Crippen molar-refractivity contribution in [3.8, 4) is 0 Å². The van der Waals surface area contributed by atoms with Crippen LogP contribution in [0.2, 0.25) is 0 Å². The summed E-state index contributed by atoms with van der Waals surface area (Å²) >= 11 is 0. The third-order valence-electron chi connectivity index (χ3n) is 1.41. The molecule has 0 aromatic heterocycles. The zero-order chi connectivity index (χ0) is 11.0. The van der Waals surface area contributed by atoms with E-state index in [1.54, 1.807) is 0 Å². The number of nitrogens with zero attached hydrogens (tertiary/aromatic N) is 1. The quantitative estimate of drug-likeness (QED) is 0.467. The van der Waals surface area contributed by atoms with Crippen LogP contribution in [0, 0.1) is 0 Å². The molecule has 2 N–H and O–H groups in total. The molecule has 0 aromatic rings. The van der Waals surface area contributed by atoms with Gasteiger partial charge in [-0.25, -0.2) is 4.79 Å². The maximum atomic E-state index is 11.1. The van der Waals surface area contributed by atoms with Gasteiger partial charge < -0.3 is 15.4 Å². The van der Waals surface area contributed by atoms with Crippen LogP contribution < -0.4 is 5.73 Å². The molecule has 0 spiro atoms. The van der Waals surface area contributed by atoms with E-state index in [0.29, 0.717) is 6.29 Å². The van der Waals surface area contributed by atoms with Crippen LogP contribution in [0.25, 0.3) is 0 Å². The molecule has 0 aliphatic heterocycles. The average molecular weight is 202 g/mol. The molecule has 0 atom stereocenters. The van der Waals surface area contributed by atoms with Crippen molar-refractivity contribution in [3.05, 3.63) is 0 Å². The second-order valence-corrected chi connectivity index (χ2v) is 2.60. The molecule has 0 unspecified atom stereocenters. The number of nitrogens with two attached hydrogens (primary N) is 1. The highest BCUT2D eigenvalue weighted by Crippen LogP contribution is 1.96. The van der Waals surface area contributed by atoms with Crippen molar-refractivity contribution in [1.29, 1.82) is 0 Å². The van der Waals surface area contributed by atoms with E-state index in [1.807, 2.05) is 0 Å². The molecule has 0 saturated carbocycles. The highest BCUT2D eigenvalue weighted by Gasteiger charge is 2.12. The Balaban J connectivity index is 3.82. The van der Waals surface area contributed by atoms with Gasteiger partial charge in [0.1, 0.15) is 6.29 Å². The Bertz CT molecular complexity index is 217. The molecule has 80 valence electrons. The molecule has 0 saturated heterocycles. The molecule has 1 amide bonds. The maximum Gasteiger partial charge on any atom is 0.333 e. The molecule has 0 aliphatic rings. The standard InChI is InChI=1S/C8H14N2O4/c1-10(7(12)3-2-6-11)14-8(13)4-5-9/h6H,2-5,9H2,1H3. The van der Waals surface area contributed by atoms with Crippen LogP contribution in [0.1, 0.15) is 19.3 Å². The highest BCUT2D eigenvalue weighted by atomic mass is 16.7. The molecule has 6 nitrogen and oxygen atoms in total. The lowest BCUT2D eigenvalue weighted by atomic mass is 10.3. The summed E-state index contributed by atoms with van der Waals surface area (Å²) in [5.41, 5.74) is 5.11. The molecular weight excluding hydrogens is 188 g/mol. The van der Waals surface area contributed by atoms with Crippen molar-refractivity contribution in [1.82, 2.24) is 5.06 Å². The Labute approximate surface area is 81.9 Å². The average Bonchev–Trinajstić information content (AvgIpc) is 2.14. The molecule has 0 aliphatic carbocycles. The summed E-state index contributed by atoms with van der Waals surface area (Å²) in [7, 11) is 1.32. The van der Waals surface area contributed by atoms with Gasteiger partial charge in [-0.1, -0.05) is 0 Å². The SMILES string of the molecule is CN(OC(=O)CCN)C(=O)CCC=O. The summed E-state index contributed by atoms with van der Waals surface area (Å²) < 4.78 is 0. The zero-order valence-corrected chi connectivity index (χ0v) is 8.06. The first kappa shape index (κ1) is 12.6. The van der Waals surface area contributed by atoms with Gasteiger partial charge in [0.2, 0.25) is 0 Å². The van der Waals surface area contributed by atoms with Gasteiger partial charge in [-0.15, -0.1) is 0 Å². The van der Waals surface area contributed by atoms with Gasteiger partial charge >= 0.3 is 5.97 Å². The van der Waals surface area contributed by atoms with Crippen LogP contribution in [0.5, 0.6) is 0 Å². The lowest BCUT2D eigenvalue weighted by molar-refractivity contribution is -0.192. The van der Waals surface area contributed by atoms with Crippen LogP contribution in [-0.2, 0) is 19.2 Å². The molecule has 14 heavy (non-hydrogen) atoms. The monoisotopic (exact) mass is 202 g/mol. The van der Waals surface area contributed by atoms with Gasteiger partial charge in [-0.2, -0.15) is 5.06 Å². The van der Waals surface area contributed by atoms with E-state index in [-0.39, 0.29) is 25.8 Å². The van der Waals surface area contributed by atoms with Gasteiger partial charge in [-0.05, 0) is 0 Å². The topological polar surface area (TPSA) is 89.7 Å². The number of hydroxylamine groups is 2. The van der Waals surface area contributed by atoms with E-state index in [9.17, 15) is 14.4 Å². The van der Waals surface area contributed by atoms with E-state index in [4.69, 9.17) is 5.73 Å². The summed E-state index contributed by atoms with van der Waals surface area (Å²) in [5.74, 6) is -0.975. The molecule has 6 heteroatoms. The summed E-state index contributed by atoms with van der Waals surface area (Å²) in [6.07, 6.45) is 0.853. The van der Waals surface area contributed by atoms with Gasteiger partial charge in [0, 0.05) is 26.4 Å². The van der Waals surface area contributed by atoms with E-state index < -0.39 is 11.9 Å². The lowest BCUT2D eigenvalue weighted by Gasteiger charge is -2.15. The first-order chi connectivity index (χ1) is 6.61. The molecule has 0 radical (unpaired) electrons. The maximum absolute atomic E-state index is 11.1. The van der Waals surface area contributed by atoms with E-state index in [1.165, 1.54) is 7.05 Å². The second kappa shape index (κ2) is 7.02. The highest BCUT2D eigenvalue weighted by molar-refractivity contribution is 5.79. The van der Waals surface area contributed by atoms with Crippen molar-refractivity contribution >= 4 is 18.2 Å². The van der Waals surface area contributed by atoms with Crippen LogP contribution in [0.3, 0.4) is 0 Å². The Hall–Kier alpha value is -1.43. The van der Waals surface area contributed by atoms with Gasteiger partial charge in [0.25, 0.3) is 5.91 Å². The summed E-state index contributed by atoms with van der Waals surface area (Å²) in [6, 6.07) is 0. The Morgan fingerprint density at radius 3 is 2.57 bits per heavy atom. The first-order valence-corrected chi connectivity index (χ1v) is 4.23. The van der Waals surface area contributed by atoms with Gasteiger partial charge in [0.05, 0.1) is 6.42 Å². The predicted molar refractivity (Wildman–Crippen MR) is 47.8 cm³/mol. The molecule has 0 aromatic carbocycles. The largest absolute Gasteiger partial charge is 0.338 e. The normalized spacial score (nSPS) is 9.29. The molecule has 0 fully saturated rings. The number of carbonyl (C=O) groups is 3. The van der Waals surface area contributed by atoms with Crippen molar-refractivity contribution in [3.63, 3.8) is 0 Å². The fourth-order valence-corrected chi connectivity index (χ4v) is 0.707. The smallest absolute Gasteiger partial charge is 0.333 e. The summed E-state index contributed by atoms with van der Waals surface area (Å²) in [4.78, 5) is 36.5. The van der Waals surface area contributed by atoms with Crippen LogP contribution in [0.4, 0.5) is 0 Å². The van der Waals surface area contributed by atoms with Crippen LogP contribution in [-0.4, -0.2) is 36.8 Å². The molecule has 0 rings (SSSR count). The Morgan fingerprint density at radius 2 is 2.07 bits per heavy atom. The van der Waals surface area contributed by atoms with E-state index in [0.717, 1.165) is 5.06 Å². The number of aldehydes is 1. The van der Waals surface area contributed by atoms with Gasteiger partial charge in [0.15, 0.2) is 0 Å². The summed E-state index contributed by atoms with van der Waals surface area (Å²) in [6.45, 7) is 0.176.